The van der Waals surface area contributed by atoms with Gasteiger partial charge in [0.15, 0.2) is 0 Å². The lowest BCUT2D eigenvalue weighted by Crippen LogP contribution is -2.54. The first-order valence-electron chi connectivity index (χ1n) is 13.2. The van der Waals surface area contributed by atoms with E-state index in [1.54, 1.807) is 12.1 Å². The van der Waals surface area contributed by atoms with Crippen molar-refractivity contribution in [2.45, 2.75) is 50.7 Å². The van der Waals surface area contributed by atoms with E-state index >= 15 is 0 Å². The Morgan fingerprint density at radius 1 is 0.900 bits per heavy atom. The summed E-state index contributed by atoms with van der Waals surface area (Å²) in [5, 5.41) is 3.34. The summed E-state index contributed by atoms with van der Waals surface area (Å²) in [5.74, 6) is -0.792. The molecule has 0 heterocycles. The van der Waals surface area contributed by atoms with Gasteiger partial charge in [-0.25, -0.2) is 8.42 Å². The topological polar surface area (TPSA) is 86.8 Å². The molecule has 7 nitrogen and oxygen atoms in total. The Morgan fingerprint density at radius 2 is 1.50 bits per heavy atom. The average Bonchev–Trinajstić information content (AvgIpc) is 3.44. The molecule has 10 heteroatoms. The van der Waals surface area contributed by atoms with Crippen molar-refractivity contribution < 1.29 is 18.0 Å². The Morgan fingerprint density at radius 3 is 2.10 bits per heavy atom. The normalized spacial score (nSPS) is 14.5. The number of halogens is 2. The Hall–Kier alpha value is -3.07. The van der Waals surface area contributed by atoms with E-state index in [0.29, 0.717) is 0 Å². The summed E-state index contributed by atoms with van der Waals surface area (Å²) >= 11 is 12.6. The minimum absolute atomic E-state index is 0.0248. The second-order valence-corrected chi connectivity index (χ2v) is 12.7. The van der Waals surface area contributed by atoms with Crippen molar-refractivity contribution >= 4 is 50.7 Å². The molecule has 1 aliphatic rings. The SMILES string of the molecule is CS(=O)(=O)N(CC(=O)N(Cc1ccccc1)[C@H](Cc1ccccc1)C(=O)NC1CCCC1)c1cccc(Cl)c1Cl. The molecule has 4 rings (SSSR count). The number of rotatable bonds is 11. The molecule has 1 saturated carbocycles. The second kappa shape index (κ2) is 13.5. The van der Waals surface area contributed by atoms with Gasteiger partial charge in [-0.2, -0.15) is 0 Å². The smallest absolute Gasteiger partial charge is 0.244 e. The minimum atomic E-state index is -3.94. The fraction of sp³-hybridized carbons (Fsp3) is 0.333. The molecular formula is C30H33Cl2N3O4S. The molecule has 0 spiro atoms. The maximum absolute atomic E-state index is 14.1. The van der Waals surface area contributed by atoms with E-state index in [9.17, 15) is 18.0 Å². The predicted octanol–water partition coefficient (Wildman–Crippen LogP) is 5.46. The molecule has 0 bridgehead atoms. The van der Waals surface area contributed by atoms with Crippen molar-refractivity contribution in [3.05, 3.63) is 100 Å². The number of benzene rings is 3. The first-order chi connectivity index (χ1) is 19.1. The number of hydrogen-bond acceptors (Lipinski definition) is 4. The number of nitrogens with one attached hydrogen (secondary N) is 1. The largest absolute Gasteiger partial charge is 0.352 e. The van der Waals surface area contributed by atoms with Crippen LogP contribution in [0.4, 0.5) is 5.69 Å². The standard InChI is InChI=1S/C30H33Cl2N3O4S/c1-40(38,39)35(26-18-10-17-25(31)29(26)32)21-28(36)34(20-23-13-6-3-7-14-23)27(19-22-11-4-2-5-12-22)30(37)33-24-15-8-9-16-24/h2-7,10-14,17-18,24,27H,8-9,15-16,19-21H2,1H3,(H,33,37)/t27-/m1/s1. The van der Waals surface area contributed by atoms with Crippen LogP contribution < -0.4 is 9.62 Å². The van der Waals surface area contributed by atoms with Crippen LogP contribution in [0.25, 0.3) is 0 Å². The van der Waals surface area contributed by atoms with Gasteiger partial charge in [-0.3, -0.25) is 13.9 Å². The third-order valence-electron chi connectivity index (χ3n) is 7.05. The van der Waals surface area contributed by atoms with Gasteiger partial charge in [-0.15, -0.1) is 0 Å². The lowest BCUT2D eigenvalue weighted by Gasteiger charge is -2.34. The van der Waals surface area contributed by atoms with Crippen molar-refractivity contribution in [1.29, 1.82) is 0 Å². The summed E-state index contributed by atoms with van der Waals surface area (Å²) in [6.45, 7) is -0.427. The van der Waals surface area contributed by atoms with E-state index in [2.05, 4.69) is 5.32 Å². The summed E-state index contributed by atoms with van der Waals surface area (Å²) in [6, 6.07) is 22.6. The first-order valence-corrected chi connectivity index (χ1v) is 15.8. The maximum atomic E-state index is 14.1. The fourth-order valence-electron chi connectivity index (χ4n) is 4.98. The summed E-state index contributed by atoms with van der Waals surface area (Å²) in [4.78, 5) is 29.4. The van der Waals surface area contributed by atoms with Crippen LogP contribution in [0.3, 0.4) is 0 Å². The third kappa shape index (κ3) is 7.77. The van der Waals surface area contributed by atoms with Gasteiger partial charge in [0.25, 0.3) is 0 Å². The monoisotopic (exact) mass is 601 g/mol. The molecule has 0 aliphatic heterocycles. The average molecular weight is 603 g/mol. The van der Waals surface area contributed by atoms with Gasteiger partial charge in [0.1, 0.15) is 12.6 Å². The van der Waals surface area contributed by atoms with Gasteiger partial charge in [-0.1, -0.05) is 103 Å². The Balaban J connectivity index is 1.73. The summed E-state index contributed by atoms with van der Waals surface area (Å²) in [6.07, 6.45) is 5.16. The van der Waals surface area contributed by atoms with Gasteiger partial charge in [-0.05, 0) is 36.1 Å². The molecule has 212 valence electrons. The summed E-state index contributed by atoms with van der Waals surface area (Å²) < 4.78 is 26.8. The Labute approximate surface area is 246 Å². The molecule has 1 aliphatic carbocycles. The number of carbonyl (C=O) groups is 2. The molecular weight excluding hydrogens is 569 g/mol. The van der Waals surface area contributed by atoms with Gasteiger partial charge < -0.3 is 10.2 Å². The van der Waals surface area contributed by atoms with E-state index in [1.165, 1.54) is 11.0 Å². The highest BCUT2D eigenvalue weighted by atomic mass is 35.5. The van der Waals surface area contributed by atoms with E-state index in [0.717, 1.165) is 47.4 Å². The van der Waals surface area contributed by atoms with E-state index in [1.807, 2.05) is 60.7 Å². The molecule has 1 fully saturated rings. The van der Waals surface area contributed by atoms with Crippen LogP contribution in [0.2, 0.25) is 10.0 Å². The molecule has 0 aromatic heterocycles. The number of sulfonamides is 1. The number of hydrogen-bond donors (Lipinski definition) is 1. The van der Waals surface area contributed by atoms with Crippen molar-refractivity contribution in [2.75, 3.05) is 17.1 Å². The van der Waals surface area contributed by atoms with Crippen LogP contribution >= 0.6 is 23.2 Å². The zero-order chi connectivity index (χ0) is 28.7. The van der Waals surface area contributed by atoms with Crippen molar-refractivity contribution in [2.24, 2.45) is 0 Å². The molecule has 3 aromatic carbocycles. The first kappa shape index (κ1) is 29.9. The lowest BCUT2D eigenvalue weighted by atomic mass is 10.0. The van der Waals surface area contributed by atoms with Gasteiger partial charge >= 0.3 is 0 Å². The Kier molecular flexibility index (Phi) is 10.1. The molecule has 1 atom stereocenters. The third-order valence-corrected chi connectivity index (χ3v) is 8.98. The number of amides is 2. The zero-order valence-electron chi connectivity index (χ0n) is 22.3. The lowest BCUT2D eigenvalue weighted by molar-refractivity contribution is -0.140. The van der Waals surface area contributed by atoms with Crippen LogP contribution in [0, 0.1) is 0 Å². The molecule has 0 radical (unpaired) electrons. The van der Waals surface area contributed by atoms with Gasteiger partial charge in [0, 0.05) is 19.0 Å². The molecule has 40 heavy (non-hydrogen) atoms. The number of nitrogens with zero attached hydrogens (tertiary/aromatic N) is 2. The fourth-order valence-corrected chi connectivity index (χ4v) is 6.28. The maximum Gasteiger partial charge on any atom is 0.244 e. The zero-order valence-corrected chi connectivity index (χ0v) is 24.6. The number of anilines is 1. The summed E-state index contributed by atoms with van der Waals surface area (Å²) in [5.41, 5.74) is 1.80. The van der Waals surface area contributed by atoms with E-state index in [4.69, 9.17) is 23.2 Å². The molecule has 1 N–H and O–H groups in total. The second-order valence-electron chi connectivity index (χ2n) is 10.0. The van der Waals surface area contributed by atoms with Crippen LogP contribution in [0.1, 0.15) is 36.8 Å². The Bertz CT molecular complexity index is 1420. The van der Waals surface area contributed by atoms with E-state index < -0.39 is 28.5 Å². The molecule has 0 unspecified atom stereocenters. The van der Waals surface area contributed by atoms with Crippen LogP contribution in [0.15, 0.2) is 78.9 Å². The van der Waals surface area contributed by atoms with Crippen LogP contribution in [-0.2, 0) is 32.6 Å². The predicted molar refractivity (Wildman–Crippen MR) is 160 cm³/mol. The van der Waals surface area contributed by atoms with Gasteiger partial charge in [0.2, 0.25) is 21.8 Å². The number of carbonyl (C=O) groups excluding carboxylic acids is 2. The van der Waals surface area contributed by atoms with Gasteiger partial charge in [0.05, 0.1) is 22.0 Å². The highest BCUT2D eigenvalue weighted by Crippen LogP contribution is 2.34. The van der Waals surface area contributed by atoms with E-state index in [-0.39, 0.29) is 40.6 Å². The van der Waals surface area contributed by atoms with Crippen molar-refractivity contribution in [3.8, 4) is 0 Å². The highest BCUT2D eigenvalue weighted by Gasteiger charge is 2.34. The van der Waals surface area contributed by atoms with Crippen LogP contribution in [-0.4, -0.2) is 50.0 Å². The quantitative estimate of drug-likeness (QED) is 0.316. The van der Waals surface area contributed by atoms with Crippen molar-refractivity contribution in [1.82, 2.24) is 10.2 Å². The molecule has 0 saturated heterocycles. The molecule has 3 aromatic rings. The van der Waals surface area contributed by atoms with Crippen molar-refractivity contribution in [3.63, 3.8) is 0 Å². The summed E-state index contributed by atoms with van der Waals surface area (Å²) in [7, 11) is -3.94. The molecule has 2 amide bonds. The minimum Gasteiger partial charge on any atom is -0.352 e. The van der Waals surface area contributed by atoms with Crippen LogP contribution in [0.5, 0.6) is 0 Å². The highest BCUT2D eigenvalue weighted by molar-refractivity contribution is 7.92.